The zero-order chi connectivity index (χ0) is 11.8. The molecule has 0 unspecified atom stereocenters. The fraction of sp³-hybridized carbons (Fsp3) is 0.231. The summed E-state index contributed by atoms with van der Waals surface area (Å²) in [5, 5.41) is 2.59. The molecule has 3 heteroatoms. The molecule has 0 saturated heterocycles. The standard InChI is InChI=1S/C13H15NO2/c1-3-11(2)9-10-16-13(15)14-12-7-5-4-6-8-12/h4-8,10H,3H2,1-2H3,(H,14,15). The smallest absolute Gasteiger partial charge is 0.410 e. The topological polar surface area (TPSA) is 38.3 Å². The third-order valence-electron chi connectivity index (χ3n) is 2.02. The SMILES string of the molecule is CCC(C)=C=COC(=O)Nc1ccccc1. The molecule has 1 aromatic carbocycles. The van der Waals surface area contributed by atoms with Crippen LogP contribution in [0.5, 0.6) is 0 Å². The van der Waals surface area contributed by atoms with Crippen LogP contribution in [0.25, 0.3) is 0 Å². The minimum absolute atomic E-state index is 0.511. The lowest BCUT2D eigenvalue weighted by atomic mass is 10.3. The van der Waals surface area contributed by atoms with Gasteiger partial charge in [-0.25, -0.2) is 4.79 Å². The summed E-state index contributed by atoms with van der Waals surface area (Å²) in [6.45, 7) is 3.94. The molecule has 0 radical (unpaired) electrons. The number of para-hydroxylation sites is 1. The molecular formula is C13H15NO2. The molecule has 1 rings (SSSR count). The van der Waals surface area contributed by atoms with E-state index in [1.54, 1.807) is 12.1 Å². The van der Waals surface area contributed by atoms with Gasteiger partial charge >= 0.3 is 6.09 Å². The summed E-state index contributed by atoms with van der Waals surface area (Å²) in [4.78, 5) is 11.3. The number of carbonyl (C=O) groups is 1. The van der Waals surface area contributed by atoms with E-state index in [4.69, 9.17) is 4.74 Å². The van der Waals surface area contributed by atoms with Gasteiger partial charge in [-0.2, -0.15) is 0 Å². The summed E-state index contributed by atoms with van der Waals surface area (Å²) in [6, 6.07) is 9.14. The first-order chi connectivity index (χ1) is 7.72. The maximum Gasteiger partial charge on any atom is 0.417 e. The Morgan fingerprint density at radius 2 is 2.12 bits per heavy atom. The van der Waals surface area contributed by atoms with Gasteiger partial charge in [0.1, 0.15) is 6.26 Å². The van der Waals surface area contributed by atoms with Crippen LogP contribution in [-0.2, 0) is 4.74 Å². The molecule has 1 aromatic rings. The van der Waals surface area contributed by atoms with Crippen LogP contribution >= 0.6 is 0 Å². The first-order valence-corrected chi connectivity index (χ1v) is 5.15. The lowest BCUT2D eigenvalue weighted by Crippen LogP contribution is -2.10. The number of carbonyl (C=O) groups excluding carboxylic acids is 1. The van der Waals surface area contributed by atoms with E-state index in [1.165, 1.54) is 6.26 Å². The number of rotatable bonds is 3. The number of amides is 1. The highest BCUT2D eigenvalue weighted by Gasteiger charge is 1.98. The quantitative estimate of drug-likeness (QED) is 0.619. The van der Waals surface area contributed by atoms with Gasteiger partial charge in [0.2, 0.25) is 0 Å². The number of hydrogen-bond acceptors (Lipinski definition) is 2. The van der Waals surface area contributed by atoms with Crippen molar-refractivity contribution in [1.29, 1.82) is 0 Å². The number of allylic oxidation sites excluding steroid dienone is 1. The predicted molar refractivity (Wildman–Crippen MR) is 64.1 cm³/mol. The van der Waals surface area contributed by atoms with E-state index >= 15 is 0 Å². The van der Waals surface area contributed by atoms with E-state index in [0.717, 1.165) is 12.0 Å². The molecule has 1 N–H and O–H groups in total. The molecule has 0 saturated carbocycles. The Balaban J connectivity index is 2.46. The highest BCUT2D eigenvalue weighted by molar-refractivity contribution is 5.84. The van der Waals surface area contributed by atoms with Crippen LogP contribution in [0, 0.1) is 0 Å². The Labute approximate surface area is 95.4 Å². The highest BCUT2D eigenvalue weighted by Crippen LogP contribution is 2.05. The predicted octanol–water partition coefficient (Wildman–Crippen LogP) is 3.70. The number of benzene rings is 1. The fourth-order valence-electron chi connectivity index (χ4n) is 0.954. The minimum Gasteiger partial charge on any atom is -0.410 e. The molecular weight excluding hydrogens is 202 g/mol. The van der Waals surface area contributed by atoms with Crippen LogP contribution in [0.2, 0.25) is 0 Å². The van der Waals surface area contributed by atoms with Crippen LogP contribution in [0.3, 0.4) is 0 Å². The number of ether oxygens (including phenoxy) is 1. The highest BCUT2D eigenvalue weighted by atomic mass is 16.5. The first-order valence-electron chi connectivity index (χ1n) is 5.15. The molecule has 0 heterocycles. The van der Waals surface area contributed by atoms with Crippen molar-refractivity contribution >= 4 is 11.8 Å². The van der Waals surface area contributed by atoms with E-state index < -0.39 is 6.09 Å². The molecule has 0 atom stereocenters. The Kier molecular flexibility index (Phi) is 4.90. The van der Waals surface area contributed by atoms with Gasteiger partial charge in [0, 0.05) is 5.69 Å². The van der Waals surface area contributed by atoms with E-state index in [1.807, 2.05) is 32.0 Å². The van der Waals surface area contributed by atoms with Gasteiger partial charge < -0.3 is 4.74 Å². The second kappa shape index (κ2) is 6.49. The van der Waals surface area contributed by atoms with E-state index in [2.05, 4.69) is 11.0 Å². The van der Waals surface area contributed by atoms with Crippen molar-refractivity contribution in [2.45, 2.75) is 20.3 Å². The molecule has 0 aliphatic carbocycles. The average molecular weight is 217 g/mol. The zero-order valence-electron chi connectivity index (χ0n) is 9.49. The van der Waals surface area contributed by atoms with Gasteiger partial charge in [-0.05, 0) is 31.1 Å². The summed E-state index contributed by atoms with van der Waals surface area (Å²) in [5.41, 5.74) is 4.60. The van der Waals surface area contributed by atoms with Gasteiger partial charge in [-0.15, -0.1) is 0 Å². The molecule has 1 amide bonds. The molecule has 0 bridgehead atoms. The number of hydrogen-bond donors (Lipinski definition) is 1. The van der Waals surface area contributed by atoms with Crippen LogP contribution in [0.4, 0.5) is 10.5 Å². The maximum atomic E-state index is 11.3. The van der Waals surface area contributed by atoms with Crippen LogP contribution in [-0.4, -0.2) is 6.09 Å². The molecule has 0 aromatic heterocycles. The van der Waals surface area contributed by atoms with E-state index in [9.17, 15) is 4.79 Å². The van der Waals surface area contributed by atoms with Crippen molar-refractivity contribution in [2.75, 3.05) is 5.32 Å². The Morgan fingerprint density at radius 1 is 1.44 bits per heavy atom. The lowest BCUT2D eigenvalue weighted by Gasteiger charge is -2.01. The van der Waals surface area contributed by atoms with Crippen molar-refractivity contribution in [3.8, 4) is 0 Å². The second-order valence-corrected chi connectivity index (χ2v) is 3.29. The zero-order valence-corrected chi connectivity index (χ0v) is 9.49. The lowest BCUT2D eigenvalue weighted by molar-refractivity contribution is 0.201. The summed E-state index contributed by atoms with van der Waals surface area (Å²) in [5.74, 6) is 0. The van der Waals surface area contributed by atoms with Crippen LogP contribution in [0.1, 0.15) is 20.3 Å². The van der Waals surface area contributed by atoms with Gasteiger partial charge in [-0.3, -0.25) is 5.32 Å². The van der Waals surface area contributed by atoms with E-state index in [0.29, 0.717) is 5.69 Å². The maximum absolute atomic E-state index is 11.3. The van der Waals surface area contributed by atoms with Gasteiger partial charge in [0.05, 0.1) is 0 Å². The molecule has 84 valence electrons. The van der Waals surface area contributed by atoms with Crippen molar-refractivity contribution in [1.82, 2.24) is 0 Å². The van der Waals surface area contributed by atoms with Gasteiger partial charge in [0.15, 0.2) is 0 Å². The molecule has 0 aliphatic heterocycles. The molecule has 16 heavy (non-hydrogen) atoms. The number of anilines is 1. The van der Waals surface area contributed by atoms with Crippen molar-refractivity contribution in [2.24, 2.45) is 0 Å². The Hall–Kier alpha value is -1.99. The summed E-state index contributed by atoms with van der Waals surface area (Å²) < 4.78 is 4.81. The molecule has 0 spiro atoms. The molecule has 0 aliphatic rings. The Morgan fingerprint density at radius 3 is 2.75 bits per heavy atom. The summed E-state index contributed by atoms with van der Waals surface area (Å²) in [6.07, 6.45) is 1.65. The minimum atomic E-state index is -0.511. The van der Waals surface area contributed by atoms with Crippen LogP contribution < -0.4 is 5.32 Å². The summed E-state index contributed by atoms with van der Waals surface area (Å²) in [7, 11) is 0. The number of nitrogens with one attached hydrogen (secondary N) is 1. The second-order valence-electron chi connectivity index (χ2n) is 3.29. The van der Waals surface area contributed by atoms with Gasteiger partial charge in [-0.1, -0.05) is 30.9 Å². The van der Waals surface area contributed by atoms with Gasteiger partial charge in [0.25, 0.3) is 0 Å². The third-order valence-corrected chi connectivity index (χ3v) is 2.02. The fourth-order valence-corrected chi connectivity index (χ4v) is 0.954. The van der Waals surface area contributed by atoms with Crippen molar-refractivity contribution in [3.63, 3.8) is 0 Å². The Bertz CT molecular complexity index is 403. The first kappa shape index (κ1) is 12.1. The summed E-state index contributed by atoms with van der Waals surface area (Å²) >= 11 is 0. The monoisotopic (exact) mass is 217 g/mol. The van der Waals surface area contributed by atoms with Crippen LogP contribution in [0.15, 0.2) is 47.9 Å². The third kappa shape index (κ3) is 4.49. The average Bonchev–Trinajstić information content (AvgIpc) is 2.30. The van der Waals surface area contributed by atoms with E-state index in [-0.39, 0.29) is 0 Å². The van der Waals surface area contributed by atoms with Crippen molar-refractivity contribution < 1.29 is 9.53 Å². The van der Waals surface area contributed by atoms with Crippen molar-refractivity contribution in [3.05, 3.63) is 47.9 Å². The largest absolute Gasteiger partial charge is 0.417 e. The normalized spacial score (nSPS) is 8.88. The molecule has 0 fully saturated rings. The molecule has 3 nitrogen and oxygen atoms in total.